The minimum atomic E-state index is -2.15. The Labute approximate surface area is 128 Å². The molecule has 0 aromatic carbocycles. The van der Waals surface area contributed by atoms with Crippen LogP contribution < -0.4 is 0 Å². The average Bonchev–Trinajstić information content (AvgIpc) is 2.91. The Hall–Kier alpha value is -2.41. The topological polar surface area (TPSA) is 117 Å². The van der Waals surface area contributed by atoms with E-state index >= 15 is 0 Å². The Kier molecular flexibility index (Phi) is 6.06. The summed E-state index contributed by atoms with van der Waals surface area (Å²) in [6.45, 7) is 3.07. The number of carbonyl (C=O) groups excluding carboxylic acids is 3. The number of ketones is 1. The highest BCUT2D eigenvalue weighted by Crippen LogP contribution is 2.44. The number of hydrogen-bond donors (Lipinski definition) is 0. The number of nitriles is 2. The van der Waals surface area contributed by atoms with E-state index in [1.165, 1.54) is 0 Å². The van der Waals surface area contributed by atoms with Crippen molar-refractivity contribution in [2.45, 2.75) is 33.1 Å². The van der Waals surface area contributed by atoms with Crippen LogP contribution >= 0.6 is 0 Å². The molecule has 1 aliphatic carbocycles. The molecule has 1 aliphatic rings. The Balaban J connectivity index is 3.39. The smallest absolute Gasteiger partial charge is 0.329 e. The summed E-state index contributed by atoms with van der Waals surface area (Å²) in [6, 6.07) is 3.41. The average molecular weight is 306 g/mol. The van der Waals surface area contributed by atoms with Crippen molar-refractivity contribution in [2.75, 3.05) is 13.2 Å². The van der Waals surface area contributed by atoms with Gasteiger partial charge in [-0.3, -0.25) is 14.4 Å². The van der Waals surface area contributed by atoms with E-state index in [9.17, 15) is 24.9 Å². The monoisotopic (exact) mass is 306 g/mol. The van der Waals surface area contributed by atoms with Crippen molar-refractivity contribution in [3.05, 3.63) is 0 Å². The number of esters is 2. The fourth-order valence-electron chi connectivity index (χ4n) is 2.76. The second kappa shape index (κ2) is 7.56. The Morgan fingerprint density at radius 2 is 1.95 bits per heavy atom. The van der Waals surface area contributed by atoms with E-state index in [4.69, 9.17) is 9.47 Å². The lowest BCUT2D eigenvalue weighted by molar-refractivity contribution is -0.167. The SMILES string of the molecule is CCOC(=O)C(C#N)C(C#N)(C(=O)OCC)C1CCCC1=O. The highest BCUT2D eigenvalue weighted by atomic mass is 16.5. The van der Waals surface area contributed by atoms with Crippen LogP contribution in [-0.4, -0.2) is 30.9 Å². The third-order valence-electron chi connectivity index (χ3n) is 3.76. The predicted molar refractivity (Wildman–Crippen MR) is 72.8 cm³/mol. The first kappa shape index (κ1) is 17.6. The number of ether oxygens (including phenoxy) is 2. The summed E-state index contributed by atoms with van der Waals surface area (Å²) < 4.78 is 9.69. The molecule has 1 rings (SSSR count). The minimum absolute atomic E-state index is 0.0000393. The molecule has 0 amide bonds. The maximum Gasteiger partial charge on any atom is 0.329 e. The molecule has 0 N–H and O–H groups in total. The van der Waals surface area contributed by atoms with Gasteiger partial charge in [0.05, 0.1) is 25.4 Å². The summed E-state index contributed by atoms with van der Waals surface area (Å²) in [7, 11) is 0. The van der Waals surface area contributed by atoms with Gasteiger partial charge in [0.2, 0.25) is 0 Å². The fraction of sp³-hybridized carbons (Fsp3) is 0.667. The molecule has 0 aromatic rings. The molecule has 7 heteroatoms. The van der Waals surface area contributed by atoms with Gasteiger partial charge < -0.3 is 9.47 Å². The zero-order valence-corrected chi connectivity index (χ0v) is 12.6. The van der Waals surface area contributed by atoms with Crippen molar-refractivity contribution in [3.63, 3.8) is 0 Å². The highest BCUT2D eigenvalue weighted by Gasteiger charge is 2.60. The van der Waals surface area contributed by atoms with Crippen molar-refractivity contribution in [3.8, 4) is 12.1 Å². The van der Waals surface area contributed by atoms with Gasteiger partial charge in [-0.25, -0.2) is 0 Å². The zero-order valence-electron chi connectivity index (χ0n) is 12.6. The third-order valence-corrected chi connectivity index (χ3v) is 3.76. The molecule has 118 valence electrons. The van der Waals surface area contributed by atoms with Crippen LogP contribution in [0.15, 0.2) is 0 Å². The molecule has 0 heterocycles. The first-order valence-corrected chi connectivity index (χ1v) is 7.16. The molecule has 22 heavy (non-hydrogen) atoms. The van der Waals surface area contributed by atoms with E-state index in [0.717, 1.165) is 0 Å². The van der Waals surface area contributed by atoms with Gasteiger partial charge in [-0.05, 0) is 26.7 Å². The van der Waals surface area contributed by atoms with Gasteiger partial charge in [0.1, 0.15) is 5.78 Å². The molecular weight excluding hydrogens is 288 g/mol. The largest absolute Gasteiger partial charge is 0.465 e. The quantitative estimate of drug-likeness (QED) is 0.675. The van der Waals surface area contributed by atoms with Crippen LogP contribution in [0.4, 0.5) is 0 Å². The molecule has 0 saturated heterocycles. The predicted octanol–water partition coefficient (Wildman–Crippen LogP) is 1.13. The Morgan fingerprint density at radius 3 is 2.36 bits per heavy atom. The molecule has 1 saturated carbocycles. The lowest BCUT2D eigenvalue weighted by Gasteiger charge is -2.31. The van der Waals surface area contributed by atoms with E-state index in [2.05, 4.69) is 0 Å². The first-order valence-electron chi connectivity index (χ1n) is 7.16. The normalized spacial score (nSPS) is 21.1. The Morgan fingerprint density at radius 1 is 1.32 bits per heavy atom. The van der Waals surface area contributed by atoms with Gasteiger partial charge in [-0.15, -0.1) is 0 Å². The van der Waals surface area contributed by atoms with Crippen LogP contribution in [0.1, 0.15) is 33.1 Å². The van der Waals surface area contributed by atoms with E-state index in [1.807, 2.05) is 0 Å². The highest BCUT2D eigenvalue weighted by molar-refractivity contribution is 5.96. The van der Waals surface area contributed by atoms with Crippen molar-refractivity contribution in [2.24, 2.45) is 17.3 Å². The molecule has 3 atom stereocenters. The molecular formula is C15H18N2O5. The third kappa shape index (κ3) is 2.94. The van der Waals surface area contributed by atoms with Crippen molar-refractivity contribution >= 4 is 17.7 Å². The number of carbonyl (C=O) groups is 3. The maximum atomic E-state index is 12.4. The molecule has 0 aliphatic heterocycles. The van der Waals surface area contributed by atoms with E-state index in [-0.39, 0.29) is 31.8 Å². The van der Waals surface area contributed by atoms with Gasteiger partial charge in [0, 0.05) is 12.3 Å². The maximum absolute atomic E-state index is 12.4. The number of hydrogen-bond acceptors (Lipinski definition) is 7. The lowest BCUT2D eigenvalue weighted by atomic mass is 9.66. The molecule has 0 aromatic heterocycles. The Bertz CT molecular complexity index is 545. The fourth-order valence-corrected chi connectivity index (χ4v) is 2.76. The first-order chi connectivity index (χ1) is 10.5. The van der Waals surface area contributed by atoms with E-state index in [0.29, 0.717) is 6.42 Å². The van der Waals surface area contributed by atoms with Crippen LogP contribution in [-0.2, 0) is 23.9 Å². The molecule has 7 nitrogen and oxygen atoms in total. The summed E-state index contributed by atoms with van der Waals surface area (Å²) in [5, 5.41) is 18.9. The minimum Gasteiger partial charge on any atom is -0.465 e. The number of rotatable bonds is 6. The standard InChI is InChI=1S/C15H18N2O5/c1-3-21-13(19)11(8-16)15(9-17,14(20)22-4-2)10-6-5-7-12(10)18/h10-11H,3-7H2,1-2H3. The molecule has 0 bridgehead atoms. The van der Waals surface area contributed by atoms with E-state index in [1.54, 1.807) is 26.0 Å². The molecule has 1 fully saturated rings. The number of Topliss-reactive ketones (excluding diaryl/α,β-unsaturated/α-hetero) is 1. The lowest BCUT2D eigenvalue weighted by Crippen LogP contribution is -2.49. The van der Waals surface area contributed by atoms with Gasteiger partial charge in [0.15, 0.2) is 11.3 Å². The summed E-state index contributed by atoms with van der Waals surface area (Å²) in [6.07, 6.45) is 0.991. The van der Waals surface area contributed by atoms with Crippen LogP contribution in [0.3, 0.4) is 0 Å². The molecule has 0 spiro atoms. The van der Waals surface area contributed by atoms with Gasteiger partial charge in [-0.2, -0.15) is 10.5 Å². The van der Waals surface area contributed by atoms with Crippen molar-refractivity contribution in [1.29, 1.82) is 10.5 Å². The summed E-state index contributed by atoms with van der Waals surface area (Å²) >= 11 is 0. The summed E-state index contributed by atoms with van der Waals surface area (Å²) in [4.78, 5) is 36.5. The van der Waals surface area contributed by atoms with Crippen LogP contribution in [0.5, 0.6) is 0 Å². The van der Waals surface area contributed by atoms with Gasteiger partial charge in [0.25, 0.3) is 0 Å². The van der Waals surface area contributed by atoms with Crippen LogP contribution in [0.2, 0.25) is 0 Å². The molecule has 0 radical (unpaired) electrons. The number of nitrogens with zero attached hydrogens (tertiary/aromatic N) is 2. The summed E-state index contributed by atoms with van der Waals surface area (Å²) in [5.74, 6) is -5.02. The van der Waals surface area contributed by atoms with Crippen molar-refractivity contribution in [1.82, 2.24) is 0 Å². The second-order valence-electron chi connectivity index (χ2n) is 4.93. The van der Waals surface area contributed by atoms with Crippen LogP contribution in [0, 0.1) is 39.9 Å². The van der Waals surface area contributed by atoms with Crippen molar-refractivity contribution < 1.29 is 23.9 Å². The van der Waals surface area contributed by atoms with Gasteiger partial charge >= 0.3 is 11.9 Å². The summed E-state index contributed by atoms with van der Waals surface area (Å²) in [5.41, 5.74) is -2.15. The zero-order chi connectivity index (χ0) is 16.8. The van der Waals surface area contributed by atoms with Crippen LogP contribution in [0.25, 0.3) is 0 Å². The van der Waals surface area contributed by atoms with E-state index < -0.39 is 29.2 Å². The second-order valence-corrected chi connectivity index (χ2v) is 4.93. The molecule has 3 unspecified atom stereocenters. The van der Waals surface area contributed by atoms with Gasteiger partial charge in [-0.1, -0.05) is 0 Å².